The largest absolute Gasteiger partial charge is 0.504 e. The highest BCUT2D eigenvalue weighted by Crippen LogP contribution is 2.39. The SMILES string of the molecule is Cc1oc2ccc(O)c(O)c2c1CC(=O)c1ccccc1. The zero-order chi connectivity index (χ0) is 15.0. The third-order valence-corrected chi connectivity index (χ3v) is 3.54. The van der Waals surface area contributed by atoms with Gasteiger partial charge in [0.05, 0.1) is 5.39 Å². The number of Topliss-reactive ketones (excluding diaryl/α,β-unsaturated/α-hetero) is 1. The van der Waals surface area contributed by atoms with E-state index in [2.05, 4.69) is 0 Å². The molecule has 0 saturated carbocycles. The first-order chi connectivity index (χ1) is 10.1. The Labute approximate surface area is 121 Å². The maximum Gasteiger partial charge on any atom is 0.169 e. The molecule has 0 spiro atoms. The summed E-state index contributed by atoms with van der Waals surface area (Å²) >= 11 is 0. The van der Waals surface area contributed by atoms with Gasteiger partial charge in [-0.05, 0) is 19.1 Å². The average Bonchev–Trinajstić information content (AvgIpc) is 2.81. The van der Waals surface area contributed by atoms with E-state index in [0.29, 0.717) is 27.9 Å². The molecule has 0 radical (unpaired) electrons. The van der Waals surface area contributed by atoms with Crippen LogP contribution >= 0.6 is 0 Å². The Morgan fingerprint density at radius 3 is 2.52 bits per heavy atom. The number of phenols is 2. The maximum absolute atomic E-state index is 12.3. The predicted octanol–water partition coefficient (Wildman–Crippen LogP) is 3.58. The molecule has 2 aromatic carbocycles. The molecule has 4 nitrogen and oxygen atoms in total. The summed E-state index contributed by atoms with van der Waals surface area (Å²) in [5.74, 6) is 0.0243. The van der Waals surface area contributed by atoms with Gasteiger partial charge in [-0.2, -0.15) is 0 Å². The Morgan fingerprint density at radius 2 is 1.81 bits per heavy atom. The van der Waals surface area contributed by atoms with E-state index in [0.717, 1.165) is 0 Å². The van der Waals surface area contributed by atoms with E-state index in [9.17, 15) is 15.0 Å². The molecule has 106 valence electrons. The highest BCUT2D eigenvalue weighted by atomic mass is 16.3. The summed E-state index contributed by atoms with van der Waals surface area (Å²) in [6, 6.07) is 11.9. The van der Waals surface area contributed by atoms with Crippen LogP contribution in [-0.4, -0.2) is 16.0 Å². The summed E-state index contributed by atoms with van der Waals surface area (Å²) < 4.78 is 5.55. The number of phenolic OH excluding ortho intramolecular Hbond substituents is 2. The van der Waals surface area contributed by atoms with Crippen LogP contribution < -0.4 is 0 Å². The first-order valence-electron chi connectivity index (χ1n) is 6.59. The van der Waals surface area contributed by atoms with Gasteiger partial charge in [0, 0.05) is 17.5 Å². The minimum Gasteiger partial charge on any atom is -0.504 e. The fourth-order valence-corrected chi connectivity index (χ4v) is 2.44. The number of hydrogen-bond donors (Lipinski definition) is 2. The van der Waals surface area contributed by atoms with Gasteiger partial charge in [0.25, 0.3) is 0 Å². The minimum absolute atomic E-state index is 0.0656. The lowest BCUT2D eigenvalue weighted by atomic mass is 10.00. The number of ketones is 1. The molecule has 0 atom stereocenters. The van der Waals surface area contributed by atoms with Gasteiger partial charge in [0.2, 0.25) is 0 Å². The van der Waals surface area contributed by atoms with Crippen molar-refractivity contribution in [2.45, 2.75) is 13.3 Å². The van der Waals surface area contributed by atoms with Crippen LogP contribution in [0.5, 0.6) is 11.5 Å². The number of rotatable bonds is 3. The number of carbonyl (C=O) groups is 1. The number of furan rings is 1. The van der Waals surface area contributed by atoms with Gasteiger partial charge in [0.1, 0.15) is 11.3 Å². The topological polar surface area (TPSA) is 70.7 Å². The third kappa shape index (κ3) is 2.25. The van der Waals surface area contributed by atoms with Crippen LogP contribution in [0.1, 0.15) is 21.7 Å². The van der Waals surface area contributed by atoms with Crippen molar-refractivity contribution in [3.05, 3.63) is 59.4 Å². The van der Waals surface area contributed by atoms with Crippen LogP contribution in [0.4, 0.5) is 0 Å². The molecule has 0 saturated heterocycles. The third-order valence-electron chi connectivity index (χ3n) is 3.54. The van der Waals surface area contributed by atoms with Crippen molar-refractivity contribution in [2.75, 3.05) is 0 Å². The number of fused-ring (bicyclic) bond motifs is 1. The molecule has 4 heteroatoms. The van der Waals surface area contributed by atoms with Crippen LogP contribution in [-0.2, 0) is 6.42 Å². The van der Waals surface area contributed by atoms with Gasteiger partial charge in [-0.25, -0.2) is 0 Å². The van der Waals surface area contributed by atoms with Crippen molar-refractivity contribution in [3.63, 3.8) is 0 Å². The van der Waals surface area contributed by atoms with E-state index in [1.54, 1.807) is 37.3 Å². The Kier molecular flexibility index (Phi) is 3.14. The molecule has 3 aromatic rings. The summed E-state index contributed by atoms with van der Waals surface area (Å²) in [6.07, 6.45) is 0.111. The lowest BCUT2D eigenvalue weighted by molar-refractivity contribution is 0.0992. The molecule has 0 aliphatic carbocycles. The second-order valence-corrected chi connectivity index (χ2v) is 4.91. The Morgan fingerprint density at radius 1 is 1.10 bits per heavy atom. The van der Waals surface area contributed by atoms with E-state index < -0.39 is 0 Å². The lowest BCUT2D eigenvalue weighted by Crippen LogP contribution is -2.03. The summed E-state index contributed by atoms with van der Waals surface area (Å²) in [4.78, 5) is 12.3. The molecular formula is C17H14O4. The monoisotopic (exact) mass is 282 g/mol. The highest BCUT2D eigenvalue weighted by molar-refractivity contribution is 6.01. The highest BCUT2D eigenvalue weighted by Gasteiger charge is 2.19. The van der Waals surface area contributed by atoms with E-state index in [-0.39, 0.29) is 23.7 Å². The number of hydrogen-bond acceptors (Lipinski definition) is 4. The molecule has 0 bridgehead atoms. The summed E-state index contributed by atoms with van der Waals surface area (Å²) in [7, 11) is 0. The molecule has 0 unspecified atom stereocenters. The Balaban J connectivity index is 2.07. The number of carbonyl (C=O) groups excluding carboxylic acids is 1. The molecule has 3 rings (SSSR count). The Hall–Kier alpha value is -2.75. The van der Waals surface area contributed by atoms with Crippen LogP contribution in [0.15, 0.2) is 46.9 Å². The molecule has 0 aliphatic rings. The van der Waals surface area contributed by atoms with Crippen LogP contribution in [0, 0.1) is 6.92 Å². The summed E-state index contributed by atoms with van der Waals surface area (Å²) in [5, 5.41) is 20.0. The molecule has 1 aromatic heterocycles. The van der Waals surface area contributed by atoms with E-state index >= 15 is 0 Å². The summed E-state index contributed by atoms with van der Waals surface area (Å²) in [5.41, 5.74) is 1.66. The van der Waals surface area contributed by atoms with Gasteiger partial charge in [-0.15, -0.1) is 0 Å². The normalized spacial score (nSPS) is 10.9. The van der Waals surface area contributed by atoms with Crippen molar-refractivity contribution in [1.29, 1.82) is 0 Å². The minimum atomic E-state index is -0.250. The number of aryl methyl sites for hydroxylation is 1. The van der Waals surface area contributed by atoms with Gasteiger partial charge in [0.15, 0.2) is 17.3 Å². The first kappa shape index (κ1) is 13.2. The van der Waals surface area contributed by atoms with Crippen molar-refractivity contribution in [2.24, 2.45) is 0 Å². The maximum atomic E-state index is 12.3. The van der Waals surface area contributed by atoms with Crippen molar-refractivity contribution in [3.8, 4) is 11.5 Å². The number of benzene rings is 2. The molecule has 2 N–H and O–H groups in total. The van der Waals surface area contributed by atoms with Gasteiger partial charge < -0.3 is 14.6 Å². The number of aromatic hydroxyl groups is 2. The van der Waals surface area contributed by atoms with E-state index in [1.165, 1.54) is 6.07 Å². The van der Waals surface area contributed by atoms with E-state index in [1.807, 2.05) is 6.07 Å². The smallest absolute Gasteiger partial charge is 0.169 e. The predicted molar refractivity (Wildman–Crippen MR) is 78.8 cm³/mol. The Bertz CT molecular complexity index is 816. The zero-order valence-corrected chi connectivity index (χ0v) is 11.5. The molecule has 0 amide bonds. The molecule has 1 heterocycles. The van der Waals surface area contributed by atoms with Gasteiger partial charge in [-0.1, -0.05) is 30.3 Å². The fourth-order valence-electron chi connectivity index (χ4n) is 2.44. The van der Waals surface area contributed by atoms with Crippen molar-refractivity contribution >= 4 is 16.8 Å². The second kappa shape index (κ2) is 4.98. The zero-order valence-electron chi connectivity index (χ0n) is 11.5. The van der Waals surface area contributed by atoms with Gasteiger partial charge >= 0.3 is 0 Å². The first-order valence-corrected chi connectivity index (χ1v) is 6.59. The van der Waals surface area contributed by atoms with E-state index in [4.69, 9.17) is 4.42 Å². The lowest BCUT2D eigenvalue weighted by Gasteiger charge is -2.03. The van der Waals surface area contributed by atoms with Crippen molar-refractivity contribution < 1.29 is 19.4 Å². The van der Waals surface area contributed by atoms with Crippen LogP contribution in [0.2, 0.25) is 0 Å². The standard InChI is InChI=1S/C17H14O4/c1-10-12(9-14(19)11-5-3-2-4-6-11)16-15(21-10)8-7-13(18)17(16)20/h2-8,18,20H,9H2,1H3. The molecular weight excluding hydrogens is 268 g/mol. The summed E-state index contributed by atoms with van der Waals surface area (Å²) in [6.45, 7) is 1.74. The fraction of sp³-hybridized carbons (Fsp3) is 0.118. The molecule has 21 heavy (non-hydrogen) atoms. The van der Waals surface area contributed by atoms with Crippen LogP contribution in [0.3, 0.4) is 0 Å². The molecule has 0 fully saturated rings. The van der Waals surface area contributed by atoms with Crippen LogP contribution in [0.25, 0.3) is 11.0 Å². The quantitative estimate of drug-likeness (QED) is 0.569. The average molecular weight is 282 g/mol. The second-order valence-electron chi connectivity index (χ2n) is 4.91. The van der Waals surface area contributed by atoms with Crippen molar-refractivity contribution in [1.82, 2.24) is 0 Å². The van der Waals surface area contributed by atoms with Gasteiger partial charge in [-0.3, -0.25) is 4.79 Å². The molecule has 0 aliphatic heterocycles.